The Morgan fingerprint density at radius 3 is 2.00 bits per heavy atom. The lowest BCUT2D eigenvalue weighted by Crippen LogP contribution is -2.03. The molecule has 0 fully saturated rings. The Morgan fingerprint density at radius 2 is 1.43 bits per heavy atom. The number of phenolic OH excluding ortho intramolecular Hbond substituents is 1. The maximum Gasteiger partial charge on any atom is 0.307 e. The van der Waals surface area contributed by atoms with E-state index in [1.54, 1.807) is 0 Å². The Hall–Kier alpha value is -1.51. The van der Waals surface area contributed by atoms with Crippen LogP contribution in [0.5, 0.6) is 5.75 Å². The van der Waals surface area contributed by atoms with Crippen LogP contribution in [0.3, 0.4) is 0 Å². The largest absolute Gasteiger partial charge is 0.507 e. The van der Waals surface area contributed by atoms with Crippen molar-refractivity contribution in [2.75, 3.05) is 0 Å². The number of aromatic hydroxyl groups is 1. The van der Waals surface area contributed by atoms with Crippen molar-refractivity contribution < 1.29 is 15.0 Å². The van der Waals surface area contributed by atoms with Crippen molar-refractivity contribution in [3.8, 4) is 5.75 Å². The van der Waals surface area contributed by atoms with Crippen molar-refractivity contribution in [2.45, 2.75) is 84.5 Å². The number of phenols is 1. The molecule has 0 heterocycles. The zero-order valence-electron chi connectivity index (χ0n) is 14.7. The van der Waals surface area contributed by atoms with Gasteiger partial charge in [-0.05, 0) is 36.8 Å². The number of hydrogen-bond donors (Lipinski definition) is 2. The van der Waals surface area contributed by atoms with Gasteiger partial charge in [0.25, 0.3) is 0 Å². The third kappa shape index (κ3) is 7.54. The summed E-state index contributed by atoms with van der Waals surface area (Å²) in [7, 11) is 0. The molecule has 0 radical (unpaired) electrons. The second-order valence-electron chi connectivity index (χ2n) is 6.45. The smallest absolute Gasteiger partial charge is 0.307 e. The second kappa shape index (κ2) is 11.1. The quantitative estimate of drug-likeness (QED) is 0.516. The van der Waals surface area contributed by atoms with Crippen molar-refractivity contribution in [1.29, 1.82) is 0 Å². The first-order chi connectivity index (χ1) is 11.1. The number of carboxylic acids is 1. The van der Waals surface area contributed by atoms with E-state index < -0.39 is 5.97 Å². The number of carbonyl (C=O) groups is 1. The topological polar surface area (TPSA) is 57.5 Å². The highest BCUT2D eigenvalue weighted by Crippen LogP contribution is 2.28. The molecule has 0 saturated heterocycles. The summed E-state index contributed by atoms with van der Waals surface area (Å²) in [6.07, 6.45) is 11.1. The third-order valence-electron chi connectivity index (χ3n) is 4.29. The maximum absolute atomic E-state index is 11.0. The van der Waals surface area contributed by atoms with Crippen molar-refractivity contribution in [1.82, 2.24) is 0 Å². The van der Waals surface area contributed by atoms with Gasteiger partial charge in [-0.15, -0.1) is 0 Å². The zero-order valence-corrected chi connectivity index (χ0v) is 14.7. The van der Waals surface area contributed by atoms with E-state index in [0.717, 1.165) is 37.7 Å². The molecule has 0 bridgehead atoms. The molecule has 1 rings (SSSR count). The van der Waals surface area contributed by atoms with Gasteiger partial charge in [-0.2, -0.15) is 0 Å². The molecule has 1 aromatic carbocycles. The van der Waals surface area contributed by atoms with Gasteiger partial charge < -0.3 is 10.2 Å². The van der Waals surface area contributed by atoms with Gasteiger partial charge >= 0.3 is 5.97 Å². The van der Waals surface area contributed by atoms with Gasteiger partial charge in [-0.1, -0.05) is 64.5 Å². The van der Waals surface area contributed by atoms with Crippen molar-refractivity contribution in [3.63, 3.8) is 0 Å². The number of hydrogen-bond acceptors (Lipinski definition) is 2. The first-order valence-electron chi connectivity index (χ1n) is 9.13. The van der Waals surface area contributed by atoms with Gasteiger partial charge in [0.1, 0.15) is 5.75 Å². The fourth-order valence-corrected chi connectivity index (χ4v) is 2.96. The maximum atomic E-state index is 11.0. The van der Waals surface area contributed by atoms with E-state index in [0.29, 0.717) is 5.56 Å². The summed E-state index contributed by atoms with van der Waals surface area (Å²) in [5.74, 6) is -0.693. The van der Waals surface area contributed by atoms with Crippen molar-refractivity contribution in [3.05, 3.63) is 28.8 Å². The van der Waals surface area contributed by atoms with E-state index in [1.165, 1.54) is 37.7 Å². The Labute approximate surface area is 140 Å². The van der Waals surface area contributed by atoms with E-state index in [2.05, 4.69) is 19.9 Å². The van der Waals surface area contributed by atoms with Crippen LogP contribution in [0, 0.1) is 0 Å². The molecule has 23 heavy (non-hydrogen) atoms. The monoisotopic (exact) mass is 320 g/mol. The van der Waals surface area contributed by atoms with Crippen molar-refractivity contribution >= 4 is 5.97 Å². The van der Waals surface area contributed by atoms with E-state index in [1.807, 2.05) is 6.07 Å². The van der Waals surface area contributed by atoms with Crippen molar-refractivity contribution in [2.24, 2.45) is 0 Å². The fourth-order valence-electron chi connectivity index (χ4n) is 2.96. The molecule has 3 nitrogen and oxygen atoms in total. The normalized spacial score (nSPS) is 10.9. The minimum atomic E-state index is -0.889. The lowest BCUT2D eigenvalue weighted by Gasteiger charge is -2.12. The van der Waals surface area contributed by atoms with E-state index in [-0.39, 0.29) is 12.2 Å². The molecule has 0 aliphatic heterocycles. The van der Waals surface area contributed by atoms with Crippen LogP contribution in [0.25, 0.3) is 0 Å². The van der Waals surface area contributed by atoms with Gasteiger partial charge in [-0.25, -0.2) is 0 Å². The van der Waals surface area contributed by atoms with Crippen LogP contribution < -0.4 is 0 Å². The van der Waals surface area contributed by atoms with Gasteiger partial charge in [0.15, 0.2) is 0 Å². The highest BCUT2D eigenvalue weighted by Gasteiger charge is 2.13. The van der Waals surface area contributed by atoms with E-state index >= 15 is 0 Å². The molecule has 0 amide bonds. The average Bonchev–Trinajstić information content (AvgIpc) is 2.51. The minimum absolute atomic E-state index is 0.101. The molecule has 0 atom stereocenters. The minimum Gasteiger partial charge on any atom is -0.507 e. The summed E-state index contributed by atoms with van der Waals surface area (Å²) in [5.41, 5.74) is 2.65. The van der Waals surface area contributed by atoms with Gasteiger partial charge in [0, 0.05) is 5.56 Å². The first-order valence-corrected chi connectivity index (χ1v) is 9.13. The lowest BCUT2D eigenvalue weighted by molar-refractivity contribution is -0.136. The van der Waals surface area contributed by atoms with Crippen LogP contribution in [0.4, 0.5) is 0 Å². The predicted octanol–water partition coefficient (Wildman–Crippen LogP) is 5.26. The van der Waals surface area contributed by atoms with Gasteiger partial charge in [-0.3, -0.25) is 4.79 Å². The Kier molecular flexibility index (Phi) is 9.42. The van der Waals surface area contributed by atoms with Crippen LogP contribution in [0.15, 0.2) is 12.1 Å². The highest BCUT2D eigenvalue weighted by atomic mass is 16.4. The second-order valence-corrected chi connectivity index (χ2v) is 6.45. The first kappa shape index (κ1) is 19.5. The number of benzene rings is 1. The summed E-state index contributed by atoms with van der Waals surface area (Å²) < 4.78 is 0. The summed E-state index contributed by atoms with van der Waals surface area (Å²) in [4.78, 5) is 11.0. The van der Waals surface area contributed by atoms with Crippen LogP contribution >= 0.6 is 0 Å². The molecule has 0 spiro atoms. The molecular formula is C20H32O3. The number of rotatable bonds is 12. The Bertz CT molecular complexity index is 480. The lowest BCUT2D eigenvalue weighted by atomic mass is 9.95. The van der Waals surface area contributed by atoms with Crippen LogP contribution in [0.1, 0.15) is 81.9 Å². The summed E-state index contributed by atoms with van der Waals surface area (Å²) in [6.45, 7) is 4.37. The Morgan fingerprint density at radius 1 is 0.870 bits per heavy atom. The molecular weight excluding hydrogens is 288 g/mol. The van der Waals surface area contributed by atoms with Crippen LogP contribution in [-0.2, 0) is 24.1 Å². The van der Waals surface area contributed by atoms with Crippen LogP contribution in [0.2, 0.25) is 0 Å². The molecule has 130 valence electrons. The summed E-state index contributed by atoms with van der Waals surface area (Å²) in [6, 6.07) is 3.96. The number of aliphatic carboxylic acids is 1. The Balaban J connectivity index is 2.81. The third-order valence-corrected chi connectivity index (χ3v) is 4.29. The SMILES string of the molecule is CCCCCCc1cc(CCCCCC)c(O)c(CC(=O)O)c1. The molecule has 0 aliphatic rings. The molecule has 3 heteroatoms. The molecule has 1 aromatic rings. The van der Waals surface area contributed by atoms with Crippen LogP contribution in [-0.4, -0.2) is 16.2 Å². The summed E-state index contributed by atoms with van der Waals surface area (Å²) in [5, 5.41) is 19.4. The molecule has 0 aliphatic carbocycles. The highest BCUT2D eigenvalue weighted by molar-refractivity contribution is 5.71. The molecule has 0 aromatic heterocycles. The van der Waals surface area contributed by atoms with Gasteiger partial charge in [0.05, 0.1) is 6.42 Å². The number of carboxylic acid groups (broad SMARTS) is 1. The predicted molar refractivity (Wildman–Crippen MR) is 95.1 cm³/mol. The zero-order chi connectivity index (χ0) is 17.1. The standard InChI is InChI=1S/C20H32O3/c1-3-5-7-9-11-16-13-17(12-10-8-6-4-2)20(23)18(14-16)15-19(21)22/h13-14,23H,3-12,15H2,1-2H3,(H,21,22). The number of aryl methyl sites for hydroxylation is 2. The molecule has 0 unspecified atom stereocenters. The van der Waals surface area contributed by atoms with Gasteiger partial charge in [0.2, 0.25) is 0 Å². The van der Waals surface area contributed by atoms with E-state index in [9.17, 15) is 9.90 Å². The average molecular weight is 320 g/mol. The molecule has 0 saturated carbocycles. The molecule has 2 N–H and O–H groups in total. The van der Waals surface area contributed by atoms with E-state index in [4.69, 9.17) is 5.11 Å². The summed E-state index contributed by atoms with van der Waals surface area (Å²) >= 11 is 0. The fraction of sp³-hybridized carbons (Fsp3) is 0.650. The number of unbranched alkanes of at least 4 members (excludes halogenated alkanes) is 6.